The summed E-state index contributed by atoms with van der Waals surface area (Å²) in [7, 11) is -2.98. The quantitative estimate of drug-likeness (QED) is 0.554. The molecule has 1 saturated heterocycles. The maximum Gasteiger partial charge on any atom is 0.211 e. The van der Waals surface area contributed by atoms with Crippen LogP contribution in [0.15, 0.2) is 0 Å². The molecule has 3 nitrogen and oxygen atoms in total. The Morgan fingerprint density at radius 3 is 2.40 bits per heavy atom. The van der Waals surface area contributed by atoms with Crippen molar-refractivity contribution in [3.63, 3.8) is 0 Å². The van der Waals surface area contributed by atoms with Gasteiger partial charge >= 0.3 is 0 Å². The summed E-state index contributed by atoms with van der Waals surface area (Å²) in [4.78, 5) is 0. The van der Waals surface area contributed by atoms with E-state index in [1.165, 1.54) is 10.6 Å². The highest BCUT2D eigenvalue weighted by Gasteiger charge is 2.27. The summed E-state index contributed by atoms with van der Waals surface area (Å²) in [5.74, 6) is 0. The van der Waals surface area contributed by atoms with Gasteiger partial charge in [0.05, 0.1) is 6.26 Å². The van der Waals surface area contributed by atoms with Crippen LogP contribution in [0.4, 0.5) is 0 Å². The summed E-state index contributed by atoms with van der Waals surface area (Å²) >= 11 is 0. The largest absolute Gasteiger partial charge is 0.212 e. The fourth-order valence-electron chi connectivity index (χ4n) is 1.25. The van der Waals surface area contributed by atoms with Gasteiger partial charge in [-0.3, -0.25) is 0 Å². The normalized spacial score (nSPS) is 29.2. The fraction of sp³-hybridized carbons (Fsp3) is 0.833. The van der Waals surface area contributed by atoms with Crippen molar-refractivity contribution in [2.24, 2.45) is 0 Å². The van der Waals surface area contributed by atoms with Crippen LogP contribution in [0.2, 0.25) is 0 Å². The second-order valence-electron chi connectivity index (χ2n) is 2.67. The molecule has 0 aromatic rings. The number of rotatable bonds is 1. The van der Waals surface area contributed by atoms with Crippen molar-refractivity contribution in [1.29, 1.82) is 0 Å². The molecular formula is C6H12NO2S. The molecule has 10 heavy (non-hydrogen) atoms. The van der Waals surface area contributed by atoms with Crippen molar-refractivity contribution in [3.05, 3.63) is 6.92 Å². The fourth-order valence-corrected chi connectivity index (χ4v) is 2.35. The van der Waals surface area contributed by atoms with Gasteiger partial charge in [0.2, 0.25) is 10.0 Å². The molecule has 0 spiro atoms. The number of nitrogens with zero attached hydrogens (tertiary/aromatic N) is 1. The van der Waals surface area contributed by atoms with E-state index in [1.807, 2.05) is 0 Å². The standard InChI is InChI=1S/C6H12NO2S/c1-6-4-3-5-7(6)10(2,8)9/h6H,1,3-5H2,2H3. The minimum Gasteiger partial charge on any atom is -0.212 e. The summed E-state index contributed by atoms with van der Waals surface area (Å²) in [5.41, 5.74) is 0. The van der Waals surface area contributed by atoms with Crippen LogP contribution in [0.3, 0.4) is 0 Å². The van der Waals surface area contributed by atoms with Gasteiger partial charge in [-0.05, 0) is 19.8 Å². The molecular weight excluding hydrogens is 150 g/mol. The van der Waals surface area contributed by atoms with Gasteiger partial charge in [0.25, 0.3) is 0 Å². The van der Waals surface area contributed by atoms with Crippen LogP contribution < -0.4 is 0 Å². The Balaban J connectivity index is 2.74. The van der Waals surface area contributed by atoms with E-state index >= 15 is 0 Å². The first-order valence-corrected chi connectivity index (χ1v) is 5.16. The van der Waals surface area contributed by atoms with E-state index in [-0.39, 0.29) is 6.04 Å². The highest BCUT2D eigenvalue weighted by molar-refractivity contribution is 7.88. The summed E-state index contributed by atoms with van der Waals surface area (Å²) < 4.78 is 23.3. The molecule has 0 saturated carbocycles. The first-order chi connectivity index (χ1) is 4.52. The lowest BCUT2D eigenvalue weighted by Crippen LogP contribution is -2.32. The summed E-state index contributed by atoms with van der Waals surface area (Å²) in [6.07, 6.45) is 3.07. The smallest absolute Gasteiger partial charge is 0.211 e. The number of sulfonamides is 1. The summed E-state index contributed by atoms with van der Waals surface area (Å²) in [6.45, 7) is 4.38. The van der Waals surface area contributed by atoms with Crippen molar-refractivity contribution < 1.29 is 8.42 Å². The Morgan fingerprint density at radius 2 is 2.20 bits per heavy atom. The lowest BCUT2D eigenvalue weighted by molar-refractivity contribution is 0.435. The van der Waals surface area contributed by atoms with Crippen LogP contribution in [0.1, 0.15) is 12.8 Å². The zero-order chi connectivity index (χ0) is 7.78. The summed E-state index contributed by atoms with van der Waals surface area (Å²) in [5, 5.41) is 0. The van der Waals surface area contributed by atoms with Gasteiger partial charge in [-0.15, -0.1) is 0 Å². The molecule has 0 aromatic carbocycles. The molecule has 1 heterocycles. The van der Waals surface area contributed by atoms with E-state index < -0.39 is 10.0 Å². The monoisotopic (exact) mass is 162 g/mol. The Morgan fingerprint density at radius 1 is 1.60 bits per heavy atom. The van der Waals surface area contributed by atoms with Crippen molar-refractivity contribution in [2.75, 3.05) is 12.8 Å². The maximum atomic E-state index is 10.9. The minimum absolute atomic E-state index is 0.0324. The average Bonchev–Trinajstić information content (AvgIpc) is 2.11. The average molecular weight is 162 g/mol. The zero-order valence-corrected chi connectivity index (χ0v) is 6.89. The van der Waals surface area contributed by atoms with E-state index in [0.717, 1.165) is 12.8 Å². The second kappa shape index (κ2) is 2.51. The van der Waals surface area contributed by atoms with Gasteiger partial charge in [0, 0.05) is 12.6 Å². The van der Waals surface area contributed by atoms with Crippen LogP contribution in [0, 0.1) is 6.92 Å². The van der Waals surface area contributed by atoms with Crippen LogP contribution in [-0.2, 0) is 10.0 Å². The van der Waals surface area contributed by atoms with Gasteiger partial charge in [-0.1, -0.05) is 0 Å². The summed E-state index contributed by atoms with van der Waals surface area (Å²) in [6, 6.07) is -0.0324. The molecule has 59 valence electrons. The molecule has 1 unspecified atom stereocenters. The van der Waals surface area contributed by atoms with Gasteiger partial charge in [0.15, 0.2) is 0 Å². The van der Waals surface area contributed by atoms with E-state index in [1.54, 1.807) is 0 Å². The van der Waals surface area contributed by atoms with Crippen molar-refractivity contribution in [1.82, 2.24) is 4.31 Å². The Bertz CT molecular complexity index is 210. The Labute approximate surface area is 62.1 Å². The molecule has 4 heteroatoms. The molecule has 0 aliphatic carbocycles. The van der Waals surface area contributed by atoms with Crippen molar-refractivity contribution in [2.45, 2.75) is 18.9 Å². The van der Waals surface area contributed by atoms with Crippen molar-refractivity contribution >= 4 is 10.0 Å². The second-order valence-corrected chi connectivity index (χ2v) is 4.60. The number of hydrogen-bond acceptors (Lipinski definition) is 2. The van der Waals surface area contributed by atoms with Gasteiger partial charge < -0.3 is 0 Å². The van der Waals surface area contributed by atoms with Crippen LogP contribution in [0.5, 0.6) is 0 Å². The molecule has 0 bridgehead atoms. The Kier molecular flexibility index (Phi) is 2.01. The van der Waals surface area contributed by atoms with Crippen LogP contribution >= 0.6 is 0 Å². The van der Waals surface area contributed by atoms with Gasteiger partial charge in [-0.25, -0.2) is 8.42 Å². The third kappa shape index (κ3) is 1.49. The zero-order valence-electron chi connectivity index (χ0n) is 6.08. The third-order valence-electron chi connectivity index (χ3n) is 1.75. The van der Waals surface area contributed by atoms with Gasteiger partial charge in [-0.2, -0.15) is 4.31 Å². The first kappa shape index (κ1) is 8.01. The highest BCUT2D eigenvalue weighted by atomic mass is 32.2. The first-order valence-electron chi connectivity index (χ1n) is 3.32. The van der Waals surface area contributed by atoms with Crippen molar-refractivity contribution in [3.8, 4) is 0 Å². The maximum absolute atomic E-state index is 10.9. The molecule has 1 rings (SSSR count). The van der Waals surface area contributed by atoms with Crippen LogP contribution in [-0.4, -0.2) is 31.6 Å². The lowest BCUT2D eigenvalue weighted by Gasteiger charge is -2.17. The molecule has 0 N–H and O–H groups in total. The predicted molar refractivity (Wildman–Crippen MR) is 39.9 cm³/mol. The lowest BCUT2D eigenvalue weighted by atomic mass is 10.3. The van der Waals surface area contributed by atoms with E-state index in [0.29, 0.717) is 6.54 Å². The molecule has 1 radical (unpaired) electrons. The van der Waals surface area contributed by atoms with Gasteiger partial charge in [0.1, 0.15) is 0 Å². The SMILES string of the molecule is [CH2]C1CCCN1S(C)(=O)=O. The van der Waals surface area contributed by atoms with E-state index in [2.05, 4.69) is 6.92 Å². The topological polar surface area (TPSA) is 37.4 Å². The molecule has 1 fully saturated rings. The van der Waals surface area contributed by atoms with Crippen LogP contribution in [0.25, 0.3) is 0 Å². The predicted octanol–water partition coefficient (Wildman–Crippen LogP) is 0.244. The molecule has 1 aliphatic heterocycles. The molecule has 1 aliphatic rings. The molecule has 0 amide bonds. The Hall–Kier alpha value is -0.0900. The molecule has 1 atom stereocenters. The third-order valence-corrected chi connectivity index (χ3v) is 3.08. The molecule has 0 aromatic heterocycles. The number of hydrogen-bond donors (Lipinski definition) is 0. The highest BCUT2D eigenvalue weighted by Crippen LogP contribution is 2.18. The van der Waals surface area contributed by atoms with E-state index in [9.17, 15) is 8.42 Å². The van der Waals surface area contributed by atoms with E-state index in [4.69, 9.17) is 0 Å². The minimum atomic E-state index is -2.98.